The first-order valence-electron chi connectivity index (χ1n) is 4.58. The van der Waals surface area contributed by atoms with Gasteiger partial charge in [-0.1, -0.05) is 0 Å². The molecule has 7 nitrogen and oxygen atoms in total. The van der Waals surface area contributed by atoms with Crippen molar-refractivity contribution in [3.05, 3.63) is 16.9 Å². The molecule has 0 atom stereocenters. The van der Waals surface area contributed by atoms with E-state index in [1.54, 1.807) is 0 Å². The van der Waals surface area contributed by atoms with E-state index < -0.39 is 23.7 Å². The third-order valence-corrected chi connectivity index (χ3v) is 2.35. The number of hydrogen-bond acceptors (Lipinski definition) is 8. The van der Waals surface area contributed by atoms with E-state index in [2.05, 4.69) is 26.8 Å². The minimum atomic E-state index is -0.931. The number of ether oxygens (including phenoxy) is 3. The topological polar surface area (TPSA) is 92.0 Å². The Morgan fingerprint density at radius 2 is 1.33 bits per heavy atom. The van der Waals surface area contributed by atoms with Gasteiger partial charge in [0.1, 0.15) is 11.1 Å². The molecule has 0 amide bonds. The molecule has 0 fully saturated rings. The van der Waals surface area contributed by atoms with Gasteiger partial charge in [-0.15, -0.1) is 12.6 Å². The maximum absolute atomic E-state index is 11.6. The van der Waals surface area contributed by atoms with Crippen LogP contribution in [0.5, 0.6) is 0 Å². The van der Waals surface area contributed by atoms with Crippen molar-refractivity contribution in [3.63, 3.8) is 0 Å². The number of methoxy groups -OCH3 is 3. The third-order valence-electron chi connectivity index (χ3n) is 2.04. The van der Waals surface area contributed by atoms with E-state index in [4.69, 9.17) is 4.42 Å². The lowest BCUT2D eigenvalue weighted by Crippen LogP contribution is -2.14. The summed E-state index contributed by atoms with van der Waals surface area (Å²) in [5.41, 5.74) is -0.658. The highest BCUT2D eigenvalue weighted by Crippen LogP contribution is 2.28. The highest BCUT2D eigenvalue weighted by molar-refractivity contribution is 7.80. The van der Waals surface area contributed by atoms with Gasteiger partial charge in [0.2, 0.25) is 5.76 Å². The minimum absolute atomic E-state index is 0.234. The number of carbonyl (C=O) groups excluding carboxylic acids is 3. The van der Waals surface area contributed by atoms with Gasteiger partial charge in [0.05, 0.1) is 21.3 Å². The third kappa shape index (κ3) is 2.33. The second-order valence-electron chi connectivity index (χ2n) is 2.96. The SMILES string of the molecule is COC(=O)c1oc(S)c(C(=O)OC)c1C(=O)OC. The Hall–Kier alpha value is -1.96. The van der Waals surface area contributed by atoms with Crippen molar-refractivity contribution in [1.82, 2.24) is 0 Å². The first-order valence-corrected chi connectivity index (χ1v) is 5.03. The number of hydrogen-bond donors (Lipinski definition) is 1. The van der Waals surface area contributed by atoms with Crippen LogP contribution in [-0.2, 0) is 14.2 Å². The van der Waals surface area contributed by atoms with Crippen molar-refractivity contribution in [2.45, 2.75) is 5.09 Å². The van der Waals surface area contributed by atoms with Crippen LogP contribution in [0.3, 0.4) is 0 Å². The zero-order valence-corrected chi connectivity index (χ0v) is 10.7. The second kappa shape index (κ2) is 5.58. The second-order valence-corrected chi connectivity index (χ2v) is 3.37. The molecule has 0 bridgehead atoms. The maximum Gasteiger partial charge on any atom is 0.374 e. The lowest BCUT2D eigenvalue weighted by Gasteiger charge is -2.01. The molecule has 0 radical (unpaired) electrons. The van der Waals surface area contributed by atoms with Crippen LogP contribution in [0.25, 0.3) is 0 Å². The molecule has 0 unspecified atom stereocenters. The van der Waals surface area contributed by atoms with Crippen molar-refractivity contribution >= 4 is 30.5 Å². The van der Waals surface area contributed by atoms with E-state index in [-0.39, 0.29) is 16.2 Å². The van der Waals surface area contributed by atoms with Gasteiger partial charge in [-0.3, -0.25) is 0 Å². The van der Waals surface area contributed by atoms with Crippen molar-refractivity contribution in [2.24, 2.45) is 0 Å². The molecule has 0 aromatic carbocycles. The predicted molar refractivity (Wildman–Crippen MR) is 60.0 cm³/mol. The van der Waals surface area contributed by atoms with Crippen molar-refractivity contribution in [3.8, 4) is 0 Å². The fourth-order valence-corrected chi connectivity index (χ4v) is 1.54. The summed E-state index contributed by atoms with van der Waals surface area (Å²) in [6.45, 7) is 0. The molecule has 0 saturated heterocycles. The Bertz CT molecular complexity index is 503. The highest BCUT2D eigenvalue weighted by Gasteiger charge is 2.33. The smallest absolute Gasteiger partial charge is 0.374 e. The van der Waals surface area contributed by atoms with E-state index in [1.165, 1.54) is 0 Å². The lowest BCUT2D eigenvalue weighted by atomic mass is 10.1. The summed E-state index contributed by atoms with van der Waals surface area (Å²) < 4.78 is 18.3. The van der Waals surface area contributed by atoms with Gasteiger partial charge in [0.25, 0.3) is 0 Å². The van der Waals surface area contributed by atoms with E-state index in [9.17, 15) is 14.4 Å². The van der Waals surface area contributed by atoms with Gasteiger partial charge in [-0.25, -0.2) is 14.4 Å². The summed E-state index contributed by atoms with van der Waals surface area (Å²) >= 11 is 3.87. The van der Waals surface area contributed by atoms with E-state index >= 15 is 0 Å². The van der Waals surface area contributed by atoms with Crippen LogP contribution < -0.4 is 0 Å². The van der Waals surface area contributed by atoms with Crippen molar-refractivity contribution in [2.75, 3.05) is 21.3 Å². The van der Waals surface area contributed by atoms with Gasteiger partial charge >= 0.3 is 17.9 Å². The summed E-state index contributed by atoms with van der Waals surface area (Å²) in [5.74, 6) is -3.20. The predicted octanol–water partition coefficient (Wildman–Crippen LogP) is 0.928. The van der Waals surface area contributed by atoms with Gasteiger partial charge in [0, 0.05) is 0 Å². The van der Waals surface area contributed by atoms with Gasteiger partial charge in [-0.2, -0.15) is 0 Å². The molecular formula is C10H10O7S. The van der Waals surface area contributed by atoms with E-state index in [1.807, 2.05) is 0 Å². The average Bonchev–Trinajstić information content (AvgIpc) is 2.73. The fourth-order valence-electron chi connectivity index (χ4n) is 1.24. The van der Waals surface area contributed by atoms with Crippen LogP contribution in [0.2, 0.25) is 0 Å². The summed E-state index contributed by atoms with van der Waals surface area (Å²) in [6.07, 6.45) is 0. The van der Waals surface area contributed by atoms with Crippen molar-refractivity contribution < 1.29 is 33.0 Å². The van der Waals surface area contributed by atoms with Crippen LogP contribution in [0.15, 0.2) is 9.51 Å². The molecule has 0 aliphatic rings. The molecule has 1 heterocycles. The summed E-state index contributed by atoms with van der Waals surface area (Å²) in [4.78, 5) is 34.5. The molecule has 1 aromatic rings. The van der Waals surface area contributed by atoms with Gasteiger partial charge in [0.15, 0.2) is 5.09 Å². The number of esters is 3. The van der Waals surface area contributed by atoms with Crippen LogP contribution in [-0.4, -0.2) is 39.2 Å². The zero-order valence-electron chi connectivity index (χ0n) is 9.80. The summed E-state index contributed by atoms with van der Waals surface area (Å²) in [5, 5.41) is -0.234. The standard InChI is InChI=1S/C10H10O7S/c1-14-7(11)4-5(8(12)15-2)10(18)17-6(4)9(13)16-3/h18H,1-3H3. The Morgan fingerprint density at radius 3 is 1.78 bits per heavy atom. The first-order chi connectivity index (χ1) is 8.47. The number of thiol groups is 1. The average molecular weight is 274 g/mol. The molecule has 0 aliphatic carbocycles. The van der Waals surface area contributed by atoms with Crippen LogP contribution in [0.4, 0.5) is 0 Å². The molecule has 18 heavy (non-hydrogen) atoms. The molecule has 1 aromatic heterocycles. The largest absolute Gasteiger partial charge is 0.465 e. The Morgan fingerprint density at radius 1 is 0.889 bits per heavy atom. The molecule has 8 heteroatoms. The normalized spacial score (nSPS) is 9.78. The molecule has 0 saturated carbocycles. The molecule has 98 valence electrons. The lowest BCUT2D eigenvalue weighted by molar-refractivity contribution is 0.0522. The quantitative estimate of drug-likeness (QED) is 0.498. The molecule has 0 N–H and O–H groups in total. The number of carbonyl (C=O) groups is 3. The molecule has 1 rings (SSSR count). The Labute approximate surface area is 107 Å². The van der Waals surface area contributed by atoms with Gasteiger partial charge in [-0.05, 0) is 0 Å². The molecule has 0 aliphatic heterocycles. The summed E-state index contributed by atoms with van der Waals surface area (Å²) in [7, 11) is 3.30. The fraction of sp³-hybridized carbons (Fsp3) is 0.300. The van der Waals surface area contributed by atoms with E-state index in [0.29, 0.717) is 0 Å². The molecular weight excluding hydrogens is 264 g/mol. The zero-order chi connectivity index (χ0) is 13.9. The maximum atomic E-state index is 11.6. The van der Waals surface area contributed by atoms with Crippen LogP contribution in [0.1, 0.15) is 31.3 Å². The van der Waals surface area contributed by atoms with Crippen LogP contribution in [0, 0.1) is 0 Å². The molecule has 0 spiro atoms. The summed E-state index contributed by atoms with van der Waals surface area (Å²) in [6, 6.07) is 0. The number of rotatable bonds is 3. The van der Waals surface area contributed by atoms with E-state index in [0.717, 1.165) is 21.3 Å². The van der Waals surface area contributed by atoms with Crippen LogP contribution >= 0.6 is 12.6 Å². The number of furan rings is 1. The minimum Gasteiger partial charge on any atom is -0.465 e. The van der Waals surface area contributed by atoms with Gasteiger partial charge < -0.3 is 18.6 Å². The monoisotopic (exact) mass is 274 g/mol. The highest BCUT2D eigenvalue weighted by atomic mass is 32.1. The van der Waals surface area contributed by atoms with Crippen molar-refractivity contribution in [1.29, 1.82) is 0 Å². The first kappa shape index (κ1) is 14.1. The Balaban J connectivity index is 3.51. The Kier molecular flexibility index (Phi) is 4.38.